The Morgan fingerprint density at radius 1 is 1.40 bits per heavy atom. The molecule has 102 valence electrons. The van der Waals surface area contributed by atoms with Gasteiger partial charge in [0.15, 0.2) is 0 Å². The van der Waals surface area contributed by atoms with Crippen molar-refractivity contribution in [3.63, 3.8) is 0 Å². The van der Waals surface area contributed by atoms with Crippen LogP contribution in [0.1, 0.15) is 11.3 Å². The summed E-state index contributed by atoms with van der Waals surface area (Å²) >= 11 is 6.08. The molecule has 3 rings (SSSR count). The van der Waals surface area contributed by atoms with Gasteiger partial charge < -0.3 is 5.32 Å². The SMILES string of the molecule is Cc1[nH]ncc1CNc1cc(Cl)ccc1-n1cccn1. The van der Waals surface area contributed by atoms with Gasteiger partial charge in [0.25, 0.3) is 0 Å². The molecule has 2 aromatic heterocycles. The van der Waals surface area contributed by atoms with Crippen LogP contribution in [0.3, 0.4) is 0 Å². The number of nitrogens with zero attached hydrogens (tertiary/aromatic N) is 3. The zero-order valence-electron chi connectivity index (χ0n) is 11.0. The Kier molecular flexibility index (Phi) is 3.43. The van der Waals surface area contributed by atoms with Gasteiger partial charge >= 0.3 is 0 Å². The van der Waals surface area contributed by atoms with Gasteiger partial charge in [0.2, 0.25) is 0 Å². The summed E-state index contributed by atoms with van der Waals surface area (Å²) in [5.74, 6) is 0. The van der Waals surface area contributed by atoms with Crippen molar-refractivity contribution >= 4 is 17.3 Å². The van der Waals surface area contributed by atoms with Gasteiger partial charge in [0.05, 0.1) is 17.6 Å². The molecule has 0 atom stereocenters. The van der Waals surface area contributed by atoms with Gasteiger partial charge in [0, 0.05) is 35.2 Å². The monoisotopic (exact) mass is 287 g/mol. The molecule has 6 heteroatoms. The van der Waals surface area contributed by atoms with Crippen molar-refractivity contribution in [1.82, 2.24) is 20.0 Å². The average molecular weight is 288 g/mol. The summed E-state index contributed by atoms with van der Waals surface area (Å²) in [5, 5.41) is 15.3. The van der Waals surface area contributed by atoms with Gasteiger partial charge in [0.1, 0.15) is 0 Å². The molecule has 3 aromatic rings. The number of aromatic nitrogens is 4. The molecule has 5 nitrogen and oxygen atoms in total. The molecule has 0 bridgehead atoms. The molecule has 0 amide bonds. The van der Waals surface area contributed by atoms with Crippen LogP contribution in [0.25, 0.3) is 5.69 Å². The maximum Gasteiger partial charge on any atom is 0.0877 e. The predicted molar refractivity (Wildman–Crippen MR) is 79.2 cm³/mol. The first kappa shape index (κ1) is 12.7. The van der Waals surface area contributed by atoms with Crippen LogP contribution >= 0.6 is 11.6 Å². The number of rotatable bonds is 4. The molecule has 0 spiro atoms. The van der Waals surface area contributed by atoms with E-state index in [1.54, 1.807) is 10.9 Å². The summed E-state index contributed by atoms with van der Waals surface area (Å²) < 4.78 is 1.81. The third-order valence-corrected chi connectivity index (χ3v) is 3.35. The Bertz CT molecular complexity index is 702. The minimum Gasteiger partial charge on any atom is -0.379 e. The normalized spacial score (nSPS) is 10.7. The van der Waals surface area contributed by atoms with Crippen LogP contribution in [-0.4, -0.2) is 20.0 Å². The number of halogens is 1. The second kappa shape index (κ2) is 5.38. The smallest absolute Gasteiger partial charge is 0.0877 e. The molecule has 0 saturated heterocycles. The molecule has 2 heterocycles. The van der Waals surface area contributed by atoms with Crippen LogP contribution in [0.2, 0.25) is 5.02 Å². The fourth-order valence-electron chi connectivity index (χ4n) is 2.01. The van der Waals surface area contributed by atoms with E-state index in [0.29, 0.717) is 11.6 Å². The summed E-state index contributed by atoms with van der Waals surface area (Å²) in [6.07, 6.45) is 5.47. The minimum absolute atomic E-state index is 0.678. The van der Waals surface area contributed by atoms with Gasteiger partial charge in [-0.1, -0.05) is 11.6 Å². The zero-order chi connectivity index (χ0) is 13.9. The molecule has 0 aliphatic carbocycles. The summed E-state index contributed by atoms with van der Waals surface area (Å²) in [7, 11) is 0. The number of hydrogen-bond donors (Lipinski definition) is 2. The third-order valence-electron chi connectivity index (χ3n) is 3.11. The summed E-state index contributed by atoms with van der Waals surface area (Å²) in [4.78, 5) is 0. The molecule has 20 heavy (non-hydrogen) atoms. The number of nitrogens with one attached hydrogen (secondary N) is 2. The summed E-state index contributed by atoms with van der Waals surface area (Å²) in [6, 6.07) is 7.58. The van der Waals surface area contributed by atoms with E-state index in [0.717, 1.165) is 22.6 Å². The lowest BCUT2D eigenvalue weighted by Gasteiger charge is -2.12. The van der Waals surface area contributed by atoms with E-state index >= 15 is 0 Å². The van der Waals surface area contributed by atoms with Gasteiger partial charge in [-0.15, -0.1) is 0 Å². The van der Waals surface area contributed by atoms with Gasteiger partial charge in [-0.05, 0) is 31.2 Å². The maximum absolute atomic E-state index is 6.08. The van der Waals surface area contributed by atoms with E-state index in [9.17, 15) is 0 Å². The van der Waals surface area contributed by atoms with E-state index in [2.05, 4.69) is 20.6 Å². The van der Waals surface area contributed by atoms with E-state index in [1.165, 1.54) is 0 Å². The summed E-state index contributed by atoms with van der Waals surface area (Å²) in [5.41, 5.74) is 4.07. The fraction of sp³-hybridized carbons (Fsp3) is 0.143. The second-order valence-corrected chi connectivity index (χ2v) is 4.92. The molecule has 0 aliphatic heterocycles. The molecule has 0 aliphatic rings. The highest BCUT2D eigenvalue weighted by Crippen LogP contribution is 2.24. The molecule has 1 aromatic carbocycles. The maximum atomic E-state index is 6.08. The highest BCUT2D eigenvalue weighted by molar-refractivity contribution is 6.31. The van der Waals surface area contributed by atoms with Gasteiger partial charge in [-0.3, -0.25) is 5.10 Å². The topological polar surface area (TPSA) is 58.5 Å². The first-order valence-corrected chi connectivity index (χ1v) is 6.64. The predicted octanol–water partition coefficient (Wildman–Crippen LogP) is 3.17. The van der Waals surface area contributed by atoms with E-state index in [-0.39, 0.29) is 0 Å². The van der Waals surface area contributed by atoms with Crippen LogP contribution in [-0.2, 0) is 6.54 Å². The van der Waals surface area contributed by atoms with Crippen LogP contribution in [0.4, 0.5) is 5.69 Å². The lowest BCUT2D eigenvalue weighted by molar-refractivity contribution is 0.879. The van der Waals surface area contributed by atoms with Crippen molar-refractivity contribution in [2.75, 3.05) is 5.32 Å². The average Bonchev–Trinajstić information content (AvgIpc) is 3.08. The van der Waals surface area contributed by atoms with Crippen molar-refractivity contribution in [3.8, 4) is 5.69 Å². The van der Waals surface area contributed by atoms with Crippen LogP contribution in [0.5, 0.6) is 0 Å². The summed E-state index contributed by atoms with van der Waals surface area (Å²) in [6.45, 7) is 2.67. The Morgan fingerprint density at radius 2 is 2.30 bits per heavy atom. The van der Waals surface area contributed by atoms with Gasteiger partial charge in [-0.2, -0.15) is 10.2 Å². The fourth-order valence-corrected chi connectivity index (χ4v) is 2.18. The lowest BCUT2D eigenvalue weighted by atomic mass is 10.2. The van der Waals surface area contributed by atoms with Crippen molar-refractivity contribution in [1.29, 1.82) is 0 Å². The van der Waals surface area contributed by atoms with Crippen molar-refractivity contribution < 1.29 is 0 Å². The number of anilines is 1. The van der Waals surface area contributed by atoms with E-state index in [1.807, 2.05) is 43.6 Å². The molecule has 0 radical (unpaired) electrons. The molecule has 2 N–H and O–H groups in total. The lowest BCUT2D eigenvalue weighted by Crippen LogP contribution is -2.05. The Morgan fingerprint density at radius 3 is 3.00 bits per heavy atom. The highest BCUT2D eigenvalue weighted by Gasteiger charge is 2.07. The third kappa shape index (κ3) is 2.53. The first-order valence-electron chi connectivity index (χ1n) is 6.26. The van der Waals surface area contributed by atoms with Crippen molar-refractivity contribution in [2.45, 2.75) is 13.5 Å². The quantitative estimate of drug-likeness (QED) is 0.775. The molecule has 0 unspecified atom stereocenters. The Hall–Kier alpha value is -2.27. The number of benzene rings is 1. The number of hydrogen-bond acceptors (Lipinski definition) is 3. The molecular weight excluding hydrogens is 274 g/mol. The molecule has 0 saturated carbocycles. The number of H-pyrrole nitrogens is 1. The van der Waals surface area contributed by atoms with Crippen molar-refractivity contribution in [3.05, 3.63) is 59.1 Å². The largest absolute Gasteiger partial charge is 0.379 e. The van der Waals surface area contributed by atoms with Crippen molar-refractivity contribution in [2.24, 2.45) is 0 Å². The van der Waals surface area contributed by atoms with E-state index < -0.39 is 0 Å². The molecular formula is C14H14ClN5. The Balaban J connectivity index is 1.88. The Labute approximate surface area is 121 Å². The van der Waals surface area contributed by atoms with E-state index in [4.69, 9.17) is 11.6 Å². The zero-order valence-corrected chi connectivity index (χ0v) is 11.7. The highest BCUT2D eigenvalue weighted by atomic mass is 35.5. The van der Waals surface area contributed by atoms with Crippen LogP contribution in [0.15, 0.2) is 42.9 Å². The second-order valence-electron chi connectivity index (χ2n) is 4.49. The molecule has 0 fully saturated rings. The minimum atomic E-state index is 0.678. The number of aromatic amines is 1. The van der Waals surface area contributed by atoms with Crippen LogP contribution in [0, 0.1) is 6.92 Å². The van der Waals surface area contributed by atoms with Crippen LogP contribution < -0.4 is 5.32 Å². The first-order chi connectivity index (χ1) is 9.74. The standard InChI is InChI=1S/C14H14ClN5/c1-10-11(9-17-19-10)8-16-13-7-12(15)3-4-14(13)20-6-2-5-18-20/h2-7,9,16H,8H2,1H3,(H,17,19). The number of aryl methyl sites for hydroxylation is 1. The van der Waals surface area contributed by atoms with Gasteiger partial charge in [-0.25, -0.2) is 4.68 Å².